The fourth-order valence-corrected chi connectivity index (χ4v) is 12.7. The van der Waals surface area contributed by atoms with Crippen LogP contribution in [0, 0.1) is 46.3 Å². The average molecular weight is 701 g/mol. The monoisotopic (exact) mass is 701 g/mol. The van der Waals surface area contributed by atoms with Crippen molar-refractivity contribution in [3.8, 4) is 0 Å². The topological polar surface area (TPSA) is 79.3 Å². The van der Waals surface area contributed by atoms with Crippen molar-refractivity contribution < 1.29 is 24.5 Å². The highest BCUT2D eigenvalue weighted by Gasteiger charge is 2.76. The standard InChI is InChI=1S/C45H80O5/c1-7-8-9-10-12-15-21-39(46)40(47)22-16-13-11-14-17-23-42(48)49-34-26-29-44(6)38-27-28-43(5)36(33(4)20-18-19-32(2)3)24-25-37(43)35(38)30-41-45(44,31-34)50-41/h32-41,46-47H,7-31H2,1-6H3/t33-,34+,35+,36-,37+,38+,39?,40?,41-,43-,44-,45-/m1/s1. The van der Waals surface area contributed by atoms with E-state index in [0.717, 1.165) is 99.7 Å². The van der Waals surface area contributed by atoms with Crippen LogP contribution in [-0.2, 0) is 14.3 Å². The second kappa shape index (κ2) is 18.1. The minimum Gasteiger partial charge on any atom is -0.462 e. The summed E-state index contributed by atoms with van der Waals surface area (Å²) in [4.78, 5) is 12.9. The SMILES string of the molecule is CCCCCCCCC(O)C(O)CCCCCCCC(=O)O[C@H]1CC[C@]2(C)[C@H]3CC[C@]4(C)[C@@H]([C@H](C)CCCC(C)C)CC[C@H]4[C@@H]3C[C@H]3O[C@]32C1. The summed E-state index contributed by atoms with van der Waals surface area (Å²) in [6.45, 7) is 14.8. The van der Waals surface area contributed by atoms with E-state index in [9.17, 15) is 15.0 Å². The Morgan fingerprint density at radius 1 is 0.760 bits per heavy atom. The first-order valence-corrected chi connectivity index (χ1v) is 22.2. The quantitative estimate of drug-likeness (QED) is 0.0668. The van der Waals surface area contributed by atoms with Crippen LogP contribution in [0.25, 0.3) is 0 Å². The molecule has 1 aliphatic heterocycles. The minimum absolute atomic E-state index is 0.0118. The molecule has 12 atom stereocenters. The van der Waals surface area contributed by atoms with Crippen LogP contribution in [-0.4, -0.2) is 46.2 Å². The van der Waals surface area contributed by atoms with E-state index < -0.39 is 12.2 Å². The van der Waals surface area contributed by atoms with Crippen molar-refractivity contribution >= 4 is 5.97 Å². The molecule has 0 bridgehead atoms. The van der Waals surface area contributed by atoms with Gasteiger partial charge in [-0.3, -0.25) is 4.79 Å². The molecular weight excluding hydrogens is 620 g/mol. The molecule has 5 fully saturated rings. The highest BCUT2D eigenvalue weighted by Crippen LogP contribution is 2.74. The molecule has 4 saturated carbocycles. The lowest BCUT2D eigenvalue weighted by Crippen LogP contribution is -2.59. The van der Waals surface area contributed by atoms with Crippen LogP contribution in [0.15, 0.2) is 0 Å². The number of fused-ring (bicyclic) bond motifs is 4. The number of carbonyl (C=O) groups excluding carboxylic acids is 1. The number of aliphatic hydroxyl groups excluding tert-OH is 2. The maximum atomic E-state index is 12.9. The molecule has 0 aromatic carbocycles. The molecule has 1 heterocycles. The molecule has 5 nitrogen and oxygen atoms in total. The van der Waals surface area contributed by atoms with Crippen molar-refractivity contribution in [3.05, 3.63) is 0 Å². The van der Waals surface area contributed by atoms with Gasteiger partial charge in [0, 0.05) is 18.3 Å². The molecule has 1 spiro atoms. The maximum Gasteiger partial charge on any atom is 0.306 e. The summed E-state index contributed by atoms with van der Waals surface area (Å²) < 4.78 is 12.9. The van der Waals surface area contributed by atoms with Crippen LogP contribution in [0.1, 0.15) is 202 Å². The molecule has 0 amide bonds. The van der Waals surface area contributed by atoms with E-state index in [-0.39, 0.29) is 23.1 Å². The number of esters is 1. The number of unbranched alkanes of at least 4 members (excludes halogenated alkanes) is 9. The molecule has 5 aliphatic rings. The first kappa shape index (κ1) is 40.5. The summed E-state index contributed by atoms with van der Waals surface area (Å²) in [5.41, 5.74) is 0.677. The summed E-state index contributed by atoms with van der Waals surface area (Å²) in [5, 5.41) is 20.6. The Labute approximate surface area is 308 Å². The van der Waals surface area contributed by atoms with Gasteiger partial charge in [0.25, 0.3) is 0 Å². The number of epoxide rings is 1. The van der Waals surface area contributed by atoms with Crippen LogP contribution in [0.5, 0.6) is 0 Å². The molecule has 2 unspecified atom stereocenters. The molecule has 1 saturated heterocycles. The van der Waals surface area contributed by atoms with Gasteiger partial charge in [-0.1, -0.05) is 125 Å². The zero-order valence-electron chi connectivity index (χ0n) is 33.6. The van der Waals surface area contributed by atoms with Gasteiger partial charge in [0.1, 0.15) is 11.7 Å². The highest BCUT2D eigenvalue weighted by molar-refractivity contribution is 5.69. The highest BCUT2D eigenvalue weighted by atomic mass is 16.6. The number of hydrogen-bond donors (Lipinski definition) is 2. The number of aliphatic hydroxyl groups is 2. The Morgan fingerprint density at radius 3 is 2.10 bits per heavy atom. The fraction of sp³-hybridized carbons (Fsp3) is 0.978. The third-order valence-electron chi connectivity index (χ3n) is 15.7. The summed E-state index contributed by atoms with van der Waals surface area (Å²) >= 11 is 0. The molecule has 50 heavy (non-hydrogen) atoms. The zero-order chi connectivity index (χ0) is 35.9. The van der Waals surface area contributed by atoms with Gasteiger partial charge in [0.2, 0.25) is 0 Å². The lowest BCUT2D eigenvalue weighted by molar-refractivity contribution is -0.160. The van der Waals surface area contributed by atoms with E-state index in [1.807, 2.05) is 0 Å². The van der Waals surface area contributed by atoms with Crippen molar-refractivity contribution in [3.63, 3.8) is 0 Å². The summed E-state index contributed by atoms with van der Waals surface area (Å²) in [7, 11) is 0. The van der Waals surface area contributed by atoms with Gasteiger partial charge in [0.15, 0.2) is 0 Å². The van der Waals surface area contributed by atoms with Gasteiger partial charge >= 0.3 is 5.97 Å². The smallest absolute Gasteiger partial charge is 0.306 e. The summed E-state index contributed by atoms with van der Waals surface area (Å²) in [5.74, 6) is 4.96. The fourth-order valence-electron chi connectivity index (χ4n) is 12.7. The third-order valence-corrected chi connectivity index (χ3v) is 15.7. The van der Waals surface area contributed by atoms with Crippen molar-refractivity contribution in [1.82, 2.24) is 0 Å². The van der Waals surface area contributed by atoms with E-state index in [4.69, 9.17) is 9.47 Å². The Hall–Kier alpha value is -0.650. The maximum absolute atomic E-state index is 12.9. The van der Waals surface area contributed by atoms with Crippen LogP contribution < -0.4 is 0 Å². The van der Waals surface area contributed by atoms with Gasteiger partial charge in [-0.05, 0) is 105 Å². The summed E-state index contributed by atoms with van der Waals surface area (Å²) in [6, 6.07) is 0. The van der Waals surface area contributed by atoms with Crippen LogP contribution in [0.4, 0.5) is 0 Å². The van der Waals surface area contributed by atoms with Crippen molar-refractivity contribution in [2.75, 3.05) is 0 Å². The second-order valence-corrected chi connectivity index (χ2v) is 19.4. The number of ether oxygens (including phenoxy) is 2. The molecule has 2 N–H and O–H groups in total. The molecule has 0 radical (unpaired) electrons. The van der Waals surface area contributed by atoms with Gasteiger partial charge in [-0.25, -0.2) is 0 Å². The number of carbonyl (C=O) groups is 1. The molecule has 4 aliphatic carbocycles. The first-order valence-electron chi connectivity index (χ1n) is 22.2. The normalized spacial score (nSPS) is 37.7. The van der Waals surface area contributed by atoms with E-state index in [2.05, 4.69) is 41.5 Å². The van der Waals surface area contributed by atoms with Gasteiger partial charge in [0.05, 0.1) is 18.3 Å². The predicted octanol–water partition coefficient (Wildman–Crippen LogP) is 11.4. The largest absolute Gasteiger partial charge is 0.462 e. The predicted molar refractivity (Wildman–Crippen MR) is 205 cm³/mol. The van der Waals surface area contributed by atoms with E-state index in [0.29, 0.717) is 30.8 Å². The number of rotatable bonds is 22. The minimum atomic E-state index is -0.603. The Morgan fingerprint density at radius 2 is 1.42 bits per heavy atom. The molecule has 290 valence electrons. The van der Waals surface area contributed by atoms with Crippen LogP contribution >= 0.6 is 0 Å². The molecule has 0 aromatic heterocycles. The molecule has 0 aromatic rings. The van der Waals surface area contributed by atoms with Crippen molar-refractivity contribution in [2.45, 2.75) is 232 Å². The average Bonchev–Trinajstić information content (AvgIpc) is 3.66. The van der Waals surface area contributed by atoms with Crippen LogP contribution in [0.2, 0.25) is 0 Å². The molecule has 5 heteroatoms. The summed E-state index contributed by atoms with van der Waals surface area (Å²) in [6.07, 6.45) is 27.3. The van der Waals surface area contributed by atoms with Crippen molar-refractivity contribution in [1.29, 1.82) is 0 Å². The second-order valence-electron chi connectivity index (χ2n) is 19.4. The zero-order valence-corrected chi connectivity index (χ0v) is 33.6. The Bertz CT molecular complexity index is 1040. The van der Waals surface area contributed by atoms with E-state index in [1.54, 1.807) is 0 Å². The van der Waals surface area contributed by atoms with Crippen molar-refractivity contribution in [2.24, 2.45) is 46.3 Å². The lowest BCUT2D eigenvalue weighted by Gasteiger charge is -2.59. The molecular formula is C45H80O5. The lowest BCUT2D eigenvalue weighted by atomic mass is 9.44. The Kier molecular flexibility index (Phi) is 14.7. The van der Waals surface area contributed by atoms with Gasteiger partial charge in [-0.2, -0.15) is 0 Å². The van der Waals surface area contributed by atoms with Gasteiger partial charge in [-0.15, -0.1) is 0 Å². The Balaban J connectivity index is 0.982. The molecule has 5 rings (SSSR count). The third kappa shape index (κ3) is 9.17. The first-order chi connectivity index (χ1) is 23.9. The van der Waals surface area contributed by atoms with Gasteiger partial charge < -0.3 is 19.7 Å². The number of hydrogen-bond acceptors (Lipinski definition) is 5. The van der Waals surface area contributed by atoms with E-state index >= 15 is 0 Å². The van der Waals surface area contributed by atoms with Crippen LogP contribution in [0.3, 0.4) is 0 Å². The van der Waals surface area contributed by atoms with E-state index in [1.165, 1.54) is 77.0 Å².